The zero-order valence-corrected chi connectivity index (χ0v) is 18.9. The van der Waals surface area contributed by atoms with Crippen molar-refractivity contribution >= 4 is 38.5 Å². The van der Waals surface area contributed by atoms with E-state index in [0.29, 0.717) is 0 Å². The first-order chi connectivity index (χ1) is 17.4. The number of nitrogens with zero attached hydrogens (tertiary/aromatic N) is 3. The molecule has 3 heterocycles. The molecule has 162 valence electrons. The van der Waals surface area contributed by atoms with Gasteiger partial charge in [-0.2, -0.15) is 0 Å². The van der Waals surface area contributed by atoms with E-state index in [-0.39, 0.29) is 0 Å². The molecule has 0 fully saturated rings. The molecule has 0 atom stereocenters. The summed E-state index contributed by atoms with van der Waals surface area (Å²) in [5.41, 5.74) is 15.4. The lowest BCUT2D eigenvalue weighted by atomic mass is 9.93. The molecular formula is C32H19N3. The minimum absolute atomic E-state index is 0.933. The Morgan fingerprint density at radius 3 is 2.40 bits per heavy atom. The van der Waals surface area contributed by atoms with Crippen LogP contribution in [-0.4, -0.2) is 14.4 Å². The molecule has 0 saturated heterocycles. The molecule has 4 aromatic carbocycles. The molecule has 0 amide bonds. The molecule has 2 aliphatic rings. The molecule has 3 aromatic heterocycles. The summed E-state index contributed by atoms with van der Waals surface area (Å²) in [5.74, 6) is 0. The highest BCUT2D eigenvalue weighted by atomic mass is 15.1. The lowest BCUT2D eigenvalue weighted by molar-refractivity contribution is 1.22. The van der Waals surface area contributed by atoms with Gasteiger partial charge in [0.1, 0.15) is 11.3 Å². The van der Waals surface area contributed by atoms with Crippen molar-refractivity contribution in [3.8, 4) is 22.3 Å². The largest absolute Gasteiger partial charge is 0.276 e. The Balaban J connectivity index is 1.47. The van der Waals surface area contributed by atoms with E-state index in [1.54, 1.807) is 0 Å². The van der Waals surface area contributed by atoms with Gasteiger partial charge in [-0.15, -0.1) is 0 Å². The number of pyridine rings is 2. The van der Waals surface area contributed by atoms with Gasteiger partial charge in [0.2, 0.25) is 0 Å². The minimum Gasteiger partial charge on any atom is -0.276 e. The number of imidazole rings is 1. The van der Waals surface area contributed by atoms with E-state index in [2.05, 4.69) is 83.3 Å². The minimum atomic E-state index is 0.933. The summed E-state index contributed by atoms with van der Waals surface area (Å²) < 4.78 is 2.26. The molecule has 35 heavy (non-hydrogen) atoms. The summed E-state index contributed by atoms with van der Waals surface area (Å²) in [7, 11) is 0. The molecule has 9 rings (SSSR count). The molecular weight excluding hydrogens is 426 g/mol. The van der Waals surface area contributed by atoms with Gasteiger partial charge in [-0.05, 0) is 87.0 Å². The second-order valence-electron chi connectivity index (χ2n) is 9.79. The number of benzene rings is 4. The van der Waals surface area contributed by atoms with Crippen LogP contribution < -0.4 is 0 Å². The number of fused-ring (bicyclic) bond motifs is 16. The van der Waals surface area contributed by atoms with Crippen molar-refractivity contribution in [3.05, 3.63) is 113 Å². The van der Waals surface area contributed by atoms with E-state index in [9.17, 15) is 0 Å². The van der Waals surface area contributed by atoms with Crippen molar-refractivity contribution in [3.63, 3.8) is 0 Å². The number of hydrogen-bond donors (Lipinski definition) is 0. The van der Waals surface area contributed by atoms with Crippen molar-refractivity contribution in [2.24, 2.45) is 0 Å². The van der Waals surface area contributed by atoms with Crippen LogP contribution in [0, 0.1) is 0 Å². The number of aromatic nitrogens is 3. The molecule has 0 bridgehead atoms. The number of para-hydroxylation sites is 2. The van der Waals surface area contributed by atoms with E-state index in [0.717, 1.165) is 35.2 Å². The molecule has 0 aliphatic heterocycles. The molecule has 0 unspecified atom stereocenters. The molecule has 0 N–H and O–H groups in total. The van der Waals surface area contributed by atoms with Gasteiger partial charge in [0.25, 0.3) is 0 Å². The predicted molar refractivity (Wildman–Crippen MR) is 142 cm³/mol. The van der Waals surface area contributed by atoms with E-state index < -0.39 is 0 Å². The second-order valence-corrected chi connectivity index (χ2v) is 9.79. The molecule has 7 aromatic rings. The quantitative estimate of drug-likeness (QED) is 0.229. The first-order valence-electron chi connectivity index (χ1n) is 12.2. The van der Waals surface area contributed by atoms with Gasteiger partial charge in [0.05, 0.1) is 11.0 Å². The van der Waals surface area contributed by atoms with Crippen LogP contribution in [0.4, 0.5) is 0 Å². The van der Waals surface area contributed by atoms with Gasteiger partial charge in [-0.3, -0.25) is 4.40 Å². The number of rotatable bonds is 0. The maximum atomic E-state index is 5.17. The Morgan fingerprint density at radius 2 is 1.43 bits per heavy atom. The average molecular weight is 446 g/mol. The molecule has 3 nitrogen and oxygen atoms in total. The lowest BCUT2D eigenvalue weighted by Gasteiger charge is -2.13. The summed E-state index contributed by atoms with van der Waals surface area (Å²) in [6.07, 6.45) is 3.84. The van der Waals surface area contributed by atoms with Crippen molar-refractivity contribution in [1.82, 2.24) is 14.4 Å². The molecule has 2 aliphatic carbocycles. The Hall–Kier alpha value is -4.50. The maximum absolute atomic E-state index is 5.17. The van der Waals surface area contributed by atoms with Crippen LogP contribution in [0.2, 0.25) is 0 Å². The third kappa shape index (κ3) is 2.12. The van der Waals surface area contributed by atoms with Gasteiger partial charge < -0.3 is 0 Å². The summed E-state index contributed by atoms with van der Waals surface area (Å²) >= 11 is 0. The fourth-order valence-corrected chi connectivity index (χ4v) is 6.65. The van der Waals surface area contributed by atoms with Crippen LogP contribution in [0.5, 0.6) is 0 Å². The standard InChI is InChI=1S/C32H19N3/c1-2-7-21-18(6-1)16-19-11-12-20-17-25-23(29(20)28(19)21)14-13-22-24-8-5-15-33-31(24)35-27-10-4-3-9-26(27)34-32(35)30(22)25/h1-15H,16-17H2. The molecule has 0 radical (unpaired) electrons. The number of hydrogen-bond acceptors (Lipinski definition) is 2. The topological polar surface area (TPSA) is 30.2 Å². The molecule has 0 spiro atoms. The summed E-state index contributed by atoms with van der Waals surface area (Å²) in [4.78, 5) is 9.98. The predicted octanol–water partition coefficient (Wildman–Crippen LogP) is 7.33. The summed E-state index contributed by atoms with van der Waals surface area (Å²) in [6.45, 7) is 0. The monoisotopic (exact) mass is 445 g/mol. The van der Waals surface area contributed by atoms with Crippen LogP contribution in [0.1, 0.15) is 22.3 Å². The van der Waals surface area contributed by atoms with Crippen molar-refractivity contribution < 1.29 is 0 Å². The highest BCUT2D eigenvalue weighted by Crippen LogP contribution is 2.51. The van der Waals surface area contributed by atoms with Crippen LogP contribution in [0.15, 0.2) is 91.1 Å². The van der Waals surface area contributed by atoms with E-state index in [4.69, 9.17) is 9.97 Å². The van der Waals surface area contributed by atoms with E-state index in [1.165, 1.54) is 60.7 Å². The third-order valence-electron chi connectivity index (χ3n) is 8.07. The van der Waals surface area contributed by atoms with Crippen LogP contribution in [-0.2, 0) is 12.8 Å². The fraction of sp³-hybridized carbons (Fsp3) is 0.0625. The maximum Gasteiger partial charge on any atom is 0.147 e. The first-order valence-corrected chi connectivity index (χ1v) is 12.2. The van der Waals surface area contributed by atoms with Crippen LogP contribution >= 0.6 is 0 Å². The molecule has 3 heteroatoms. The second kappa shape index (κ2) is 6.13. The van der Waals surface area contributed by atoms with E-state index >= 15 is 0 Å². The average Bonchev–Trinajstić information content (AvgIpc) is 3.59. The summed E-state index contributed by atoms with van der Waals surface area (Å²) in [5, 5.41) is 3.67. The smallest absolute Gasteiger partial charge is 0.147 e. The summed E-state index contributed by atoms with van der Waals surface area (Å²) in [6, 6.07) is 30.9. The SMILES string of the molecule is c1ccc2c(c1)Cc1ccc3c(c1-2)-c1ccc2c4cccnc4n4c5ccccc5nc4c2c1C3. The van der Waals surface area contributed by atoms with Gasteiger partial charge >= 0.3 is 0 Å². The fourth-order valence-electron chi connectivity index (χ4n) is 6.65. The van der Waals surface area contributed by atoms with Crippen LogP contribution in [0.3, 0.4) is 0 Å². The lowest BCUT2D eigenvalue weighted by Crippen LogP contribution is -1.96. The zero-order chi connectivity index (χ0) is 22.7. The molecule has 0 saturated carbocycles. The van der Waals surface area contributed by atoms with Crippen LogP contribution in [0.25, 0.3) is 60.7 Å². The third-order valence-corrected chi connectivity index (χ3v) is 8.07. The van der Waals surface area contributed by atoms with Crippen molar-refractivity contribution in [2.45, 2.75) is 12.8 Å². The highest BCUT2D eigenvalue weighted by molar-refractivity contribution is 6.16. The Labute approximate surface area is 201 Å². The van der Waals surface area contributed by atoms with Gasteiger partial charge in [0, 0.05) is 17.0 Å². The zero-order valence-electron chi connectivity index (χ0n) is 18.9. The van der Waals surface area contributed by atoms with Crippen molar-refractivity contribution in [1.29, 1.82) is 0 Å². The van der Waals surface area contributed by atoms with Gasteiger partial charge in [-0.1, -0.05) is 60.7 Å². The van der Waals surface area contributed by atoms with Gasteiger partial charge in [0.15, 0.2) is 0 Å². The Bertz CT molecular complexity index is 2060. The van der Waals surface area contributed by atoms with E-state index in [1.807, 2.05) is 12.3 Å². The Morgan fingerprint density at radius 1 is 0.600 bits per heavy atom. The first kappa shape index (κ1) is 17.9. The van der Waals surface area contributed by atoms with Gasteiger partial charge in [-0.25, -0.2) is 9.97 Å². The normalized spacial score (nSPS) is 13.5. The Kier molecular flexibility index (Phi) is 3.14. The highest BCUT2D eigenvalue weighted by Gasteiger charge is 2.30. The van der Waals surface area contributed by atoms with Crippen molar-refractivity contribution in [2.75, 3.05) is 0 Å².